The van der Waals surface area contributed by atoms with Gasteiger partial charge in [-0.25, -0.2) is 4.98 Å². The van der Waals surface area contributed by atoms with E-state index in [4.69, 9.17) is 4.52 Å². The summed E-state index contributed by atoms with van der Waals surface area (Å²) in [5.74, 6) is 0.748. The van der Waals surface area contributed by atoms with E-state index in [1.54, 1.807) is 10.9 Å². The van der Waals surface area contributed by atoms with Crippen LogP contribution in [0.5, 0.6) is 0 Å². The van der Waals surface area contributed by atoms with Crippen molar-refractivity contribution in [1.29, 1.82) is 0 Å². The standard InChI is InChI=1S/C17H21N5O4S/c23-13-5-10(3-4-11(13)20-16(25)12-7-27-8-19-12)15(24)18-6-14-21-17(26-22-14)9-1-2-9/h7-11,13,23H,1-6H2,(H,18,24)(H,20,25)/t10-,11-,13-/m0/s1. The summed E-state index contributed by atoms with van der Waals surface area (Å²) < 4.78 is 5.17. The highest BCUT2D eigenvalue weighted by Crippen LogP contribution is 2.38. The van der Waals surface area contributed by atoms with Crippen LogP contribution in [-0.2, 0) is 11.3 Å². The molecule has 0 aliphatic heterocycles. The number of aliphatic hydroxyl groups excluding tert-OH is 1. The molecule has 2 aliphatic carbocycles. The maximum Gasteiger partial charge on any atom is 0.271 e. The first-order valence-electron chi connectivity index (χ1n) is 9.07. The van der Waals surface area contributed by atoms with Crippen LogP contribution in [0.1, 0.15) is 60.2 Å². The molecule has 144 valence electrons. The van der Waals surface area contributed by atoms with E-state index < -0.39 is 6.10 Å². The SMILES string of the molecule is O=C(N[C@H]1CC[C@H](C(=O)NCc2noc(C3CC3)n2)C[C@@H]1O)c1cscn1. The van der Waals surface area contributed by atoms with E-state index >= 15 is 0 Å². The van der Waals surface area contributed by atoms with Gasteiger partial charge in [-0.15, -0.1) is 11.3 Å². The molecule has 2 aromatic heterocycles. The van der Waals surface area contributed by atoms with Gasteiger partial charge in [0.05, 0.1) is 24.2 Å². The van der Waals surface area contributed by atoms with Gasteiger partial charge in [-0.2, -0.15) is 4.98 Å². The molecule has 9 nitrogen and oxygen atoms in total. The number of aliphatic hydroxyl groups is 1. The molecule has 10 heteroatoms. The van der Waals surface area contributed by atoms with Gasteiger partial charge in [0.15, 0.2) is 5.82 Å². The minimum Gasteiger partial charge on any atom is -0.391 e. The first-order chi connectivity index (χ1) is 13.1. The summed E-state index contributed by atoms with van der Waals surface area (Å²) in [5.41, 5.74) is 1.93. The molecule has 4 rings (SSSR count). The molecular formula is C17H21N5O4S. The number of carbonyl (C=O) groups excluding carboxylic acids is 2. The summed E-state index contributed by atoms with van der Waals surface area (Å²) in [5, 5.41) is 21.5. The third-order valence-corrected chi connectivity index (χ3v) is 5.59. The predicted molar refractivity (Wildman–Crippen MR) is 94.8 cm³/mol. The van der Waals surface area contributed by atoms with E-state index in [1.165, 1.54) is 11.3 Å². The van der Waals surface area contributed by atoms with Gasteiger partial charge in [0, 0.05) is 17.2 Å². The predicted octanol–water partition coefficient (Wildman–Crippen LogP) is 0.979. The first kappa shape index (κ1) is 18.1. The van der Waals surface area contributed by atoms with Crippen LogP contribution in [0.15, 0.2) is 15.4 Å². The Bertz CT molecular complexity index is 804. The topological polar surface area (TPSA) is 130 Å². The lowest BCUT2D eigenvalue weighted by molar-refractivity contribution is -0.127. The summed E-state index contributed by atoms with van der Waals surface area (Å²) >= 11 is 1.34. The number of hydrogen-bond donors (Lipinski definition) is 3. The fourth-order valence-corrected chi connectivity index (χ4v) is 3.80. The van der Waals surface area contributed by atoms with Crippen LogP contribution in [0, 0.1) is 5.92 Å². The number of thiazole rings is 1. The molecule has 2 aliphatic rings. The number of carbonyl (C=O) groups is 2. The van der Waals surface area contributed by atoms with Gasteiger partial charge >= 0.3 is 0 Å². The highest BCUT2D eigenvalue weighted by Gasteiger charge is 2.34. The Morgan fingerprint density at radius 2 is 2.15 bits per heavy atom. The van der Waals surface area contributed by atoms with Gasteiger partial charge in [-0.05, 0) is 32.1 Å². The van der Waals surface area contributed by atoms with E-state index in [0.717, 1.165) is 12.8 Å². The smallest absolute Gasteiger partial charge is 0.271 e. The maximum atomic E-state index is 12.4. The van der Waals surface area contributed by atoms with E-state index in [-0.39, 0.29) is 30.3 Å². The van der Waals surface area contributed by atoms with Crippen molar-refractivity contribution in [3.05, 3.63) is 28.3 Å². The fourth-order valence-electron chi connectivity index (χ4n) is 3.27. The molecule has 0 unspecified atom stereocenters. The van der Waals surface area contributed by atoms with Crippen molar-refractivity contribution in [3.8, 4) is 0 Å². The molecule has 0 radical (unpaired) electrons. The van der Waals surface area contributed by atoms with Crippen LogP contribution in [0.25, 0.3) is 0 Å². The molecule has 2 saturated carbocycles. The zero-order valence-corrected chi connectivity index (χ0v) is 15.4. The average molecular weight is 391 g/mol. The Labute approximate surface area is 159 Å². The monoisotopic (exact) mass is 391 g/mol. The summed E-state index contributed by atoms with van der Waals surface area (Å²) in [6.07, 6.45) is 2.80. The Morgan fingerprint density at radius 1 is 1.30 bits per heavy atom. The third-order valence-electron chi connectivity index (χ3n) is 5.00. The fraction of sp³-hybridized carbons (Fsp3) is 0.588. The molecule has 2 heterocycles. The average Bonchev–Trinajstić information content (AvgIpc) is 3.18. The highest BCUT2D eigenvalue weighted by atomic mass is 32.1. The number of nitrogens with zero attached hydrogens (tertiary/aromatic N) is 3. The lowest BCUT2D eigenvalue weighted by Gasteiger charge is -2.32. The summed E-state index contributed by atoms with van der Waals surface area (Å²) in [6, 6.07) is -0.374. The molecule has 0 aromatic carbocycles. The number of amides is 2. The zero-order valence-electron chi connectivity index (χ0n) is 14.6. The van der Waals surface area contributed by atoms with Crippen LogP contribution < -0.4 is 10.6 Å². The van der Waals surface area contributed by atoms with Gasteiger partial charge in [0.1, 0.15) is 5.69 Å². The van der Waals surface area contributed by atoms with Crippen molar-refractivity contribution in [3.63, 3.8) is 0 Å². The second kappa shape index (κ2) is 7.73. The maximum absolute atomic E-state index is 12.4. The highest BCUT2D eigenvalue weighted by molar-refractivity contribution is 7.07. The molecule has 3 N–H and O–H groups in total. The van der Waals surface area contributed by atoms with Crippen molar-refractivity contribution in [2.75, 3.05) is 0 Å². The van der Waals surface area contributed by atoms with Crippen LogP contribution in [-0.4, -0.2) is 44.2 Å². The van der Waals surface area contributed by atoms with Gasteiger partial charge in [0.25, 0.3) is 5.91 Å². The Morgan fingerprint density at radius 3 is 2.85 bits per heavy atom. The lowest BCUT2D eigenvalue weighted by atomic mass is 9.83. The van der Waals surface area contributed by atoms with Gasteiger partial charge in [-0.3, -0.25) is 9.59 Å². The van der Waals surface area contributed by atoms with Crippen molar-refractivity contribution in [2.24, 2.45) is 5.92 Å². The summed E-state index contributed by atoms with van der Waals surface area (Å²) in [4.78, 5) is 32.7. The normalized spacial score (nSPS) is 25.1. The van der Waals surface area contributed by atoms with Crippen LogP contribution in [0.3, 0.4) is 0 Å². The van der Waals surface area contributed by atoms with Gasteiger partial charge in [-0.1, -0.05) is 5.16 Å². The quantitative estimate of drug-likeness (QED) is 0.669. The van der Waals surface area contributed by atoms with E-state index in [9.17, 15) is 14.7 Å². The molecular weight excluding hydrogens is 370 g/mol. The molecule has 2 fully saturated rings. The van der Waals surface area contributed by atoms with Crippen LogP contribution >= 0.6 is 11.3 Å². The van der Waals surface area contributed by atoms with Crippen LogP contribution in [0.2, 0.25) is 0 Å². The molecule has 0 bridgehead atoms. The number of rotatable bonds is 6. The van der Waals surface area contributed by atoms with E-state index in [2.05, 4.69) is 25.8 Å². The van der Waals surface area contributed by atoms with Gasteiger partial charge in [0.2, 0.25) is 11.8 Å². The van der Waals surface area contributed by atoms with Crippen LogP contribution in [0.4, 0.5) is 0 Å². The first-order valence-corrected chi connectivity index (χ1v) is 10.0. The minimum atomic E-state index is -0.774. The number of aromatic nitrogens is 3. The molecule has 2 amide bonds. The third kappa shape index (κ3) is 4.33. The molecule has 3 atom stereocenters. The Balaban J connectivity index is 1.24. The Hall–Kier alpha value is -2.33. The van der Waals surface area contributed by atoms with Gasteiger partial charge < -0.3 is 20.3 Å². The summed E-state index contributed by atoms with van der Waals surface area (Å²) in [6.45, 7) is 0.214. The lowest BCUT2D eigenvalue weighted by Crippen LogP contribution is -2.49. The number of hydrogen-bond acceptors (Lipinski definition) is 8. The van der Waals surface area contributed by atoms with Crippen molar-refractivity contribution in [1.82, 2.24) is 25.8 Å². The Kier molecular flexibility index (Phi) is 5.17. The molecule has 27 heavy (non-hydrogen) atoms. The summed E-state index contributed by atoms with van der Waals surface area (Å²) in [7, 11) is 0. The number of nitrogens with one attached hydrogen (secondary N) is 2. The van der Waals surface area contributed by atoms with Crippen molar-refractivity contribution < 1.29 is 19.2 Å². The minimum absolute atomic E-state index is 0.143. The van der Waals surface area contributed by atoms with E-state index in [0.29, 0.717) is 42.6 Å². The molecule has 0 saturated heterocycles. The second-order valence-corrected chi connectivity index (χ2v) is 7.79. The second-order valence-electron chi connectivity index (χ2n) is 7.07. The van der Waals surface area contributed by atoms with Crippen molar-refractivity contribution in [2.45, 2.75) is 56.7 Å². The molecule has 2 aromatic rings. The van der Waals surface area contributed by atoms with E-state index in [1.807, 2.05) is 0 Å². The molecule has 0 spiro atoms. The largest absolute Gasteiger partial charge is 0.391 e. The zero-order chi connectivity index (χ0) is 18.8. The van der Waals surface area contributed by atoms with Crippen molar-refractivity contribution >= 4 is 23.2 Å².